The first kappa shape index (κ1) is 7.77. The molecular formula is C10H13NO. The Kier molecular flexibility index (Phi) is 2.11. The van der Waals surface area contributed by atoms with Gasteiger partial charge in [-0.3, -0.25) is 0 Å². The van der Waals surface area contributed by atoms with Crippen LogP contribution in [0.15, 0.2) is 18.2 Å². The molecule has 1 aliphatic rings. The smallest absolute Gasteiger partial charge is 0.0684 e. The molecule has 2 heteroatoms. The van der Waals surface area contributed by atoms with Gasteiger partial charge in [0, 0.05) is 6.54 Å². The van der Waals surface area contributed by atoms with Crippen LogP contribution in [0.1, 0.15) is 16.7 Å². The minimum Gasteiger partial charge on any atom is -0.392 e. The van der Waals surface area contributed by atoms with Crippen molar-refractivity contribution in [1.29, 1.82) is 0 Å². The van der Waals surface area contributed by atoms with Crippen LogP contribution in [-0.4, -0.2) is 11.7 Å². The molecule has 0 unspecified atom stereocenters. The van der Waals surface area contributed by atoms with Crippen LogP contribution >= 0.6 is 0 Å². The minimum atomic E-state index is 0.170. The number of aliphatic hydroxyl groups excluding tert-OH is 1. The summed E-state index contributed by atoms with van der Waals surface area (Å²) in [5.41, 5.74) is 3.78. The molecule has 0 spiro atoms. The van der Waals surface area contributed by atoms with Crippen molar-refractivity contribution in [1.82, 2.24) is 5.32 Å². The van der Waals surface area contributed by atoms with E-state index in [0.29, 0.717) is 0 Å². The summed E-state index contributed by atoms with van der Waals surface area (Å²) in [4.78, 5) is 0. The van der Waals surface area contributed by atoms with Crippen molar-refractivity contribution in [3.63, 3.8) is 0 Å². The summed E-state index contributed by atoms with van der Waals surface area (Å²) in [5.74, 6) is 0. The molecule has 0 saturated heterocycles. The van der Waals surface area contributed by atoms with Crippen LogP contribution in [0, 0.1) is 0 Å². The predicted octanol–water partition coefficient (Wildman–Crippen LogP) is 0.825. The van der Waals surface area contributed by atoms with Crippen LogP contribution in [0.3, 0.4) is 0 Å². The first-order valence-corrected chi connectivity index (χ1v) is 4.33. The second-order valence-corrected chi connectivity index (χ2v) is 3.14. The average molecular weight is 163 g/mol. The quantitative estimate of drug-likeness (QED) is 0.642. The Hall–Kier alpha value is -0.860. The van der Waals surface area contributed by atoms with E-state index in [4.69, 9.17) is 5.11 Å². The van der Waals surface area contributed by atoms with E-state index in [1.54, 1.807) is 0 Å². The molecule has 0 atom stereocenters. The summed E-state index contributed by atoms with van der Waals surface area (Å²) in [7, 11) is 0. The van der Waals surface area contributed by atoms with Crippen LogP contribution in [0.5, 0.6) is 0 Å². The zero-order valence-corrected chi connectivity index (χ0v) is 7.01. The number of hydrogen-bond acceptors (Lipinski definition) is 2. The Bertz CT molecular complexity index is 269. The lowest BCUT2D eigenvalue weighted by Gasteiger charge is -2.19. The minimum absolute atomic E-state index is 0.170. The second-order valence-electron chi connectivity index (χ2n) is 3.14. The Labute approximate surface area is 72.2 Å². The van der Waals surface area contributed by atoms with Crippen LogP contribution in [0.25, 0.3) is 0 Å². The SMILES string of the molecule is OCc1cccc2c1CCNC2. The molecule has 0 aromatic heterocycles. The van der Waals surface area contributed by atoms with Crippen molar-refractivity contribution in [2.24, 2.45) is 0 Å². The van der Waals surface area contributed by atoms with Crippen molar-refractivity contribution in [3.05, 3.63) is 34.9 Å². The Morgan fingerprint density at radius 1 is 1.42 bits per heavy atom. The Morgan fingerprint density at radius 2 is 2.33 bits per heavy atom. The highest BCUT2D eigenvalue weighted by atomic mass is 16.3. The molecule has 1 aromatic rings. The molecule has 0 saturated carbocycles. The zero-order chi connectivity index (χ0) is 8.39. The van der Waals surface area contributed by atoms with Crippen molar-refractivity contribution < 1.29 is 5.11 Å². The predicted molar refractivity (Wildman–Crippen MR) is 47.8 cm³/mol. The summed E-state index contributed by atoms with van der Waals surface area (Å²) in [6.07, 6.45) is 1.05. The van der Waals surface area contributed by atoms with Crippen LogP contribution in [-0.2, 0) is 19.6 Å². The molecule has 0 amide bonds. The standard InChI is InChI=1S/C10H13NO/c12-7-9-3-1-2-8-6-11-5-4-10(8)9/h1-3,11-12H,4-7H2. The van der Waals surface area contributed by atoms with Gasteiger partial charge in [-0.1, -0.05) is 18.2 Å². The van der Waals surface area contributed by atoms with E-state index in [-0.39, 0.29) is 6.61 Å². The van der Waals surface area contributed by atoms with E-state index in [2.05, 4.69) is 11.4 Å². The normalized spacial score (nSPS) is 15.8. The number of benzene rings is 1. The molecule has 2 rings (SSSR count). The lowest BCUT2D eigenvalue weighted by atomic mass is 9.96. The van der Waals surface area contributed by atoms with Crippen molar-refractivity contribution in [2.45, 2.75) is 19.6 Å². The Balaban J connectivity index is 2.44. The second kappa shape index (κ2) is 3.25. The number of fused-ring (bicyclic) bond motifs is 1. The first-order chi connectivity index (χ1) is 5.92. The molecule has 0 bridgehead atoms. The summed E-state index contributed by atoms with van der Waals surface area (Å²) in [6, 6.07) is 6.14. The summed E-state index contributed by atoms with van der Waals surface area (Å²) >= 11 is 0. The highest BCUT2D eigenvalue weighted by molar-refractivity contribution is 5.36. The van der Waals surface area contributed by atoms with E-state index in [9.17, 15) is 0 Å². The van der Waals surface area contributed by atoms with E-state index in [1.807, 2.05) is 12.1 Å². The van der Waals surface area contributed by atoms with Gasteiger partial charge >= 0.3 is 0 Å². The largest absolute Gasteiger partial charge is 0.392 e. The Morgan fingerprint density at radius 3 is 3.17 bits per heavy atom. The molecule has 2 N–H and O–H groups in total. The fourth-order valence-corrected chi connectivity index (χ4v) is 1.76. The van der Waals surface area contributed by atoms with E-state index in [1.165, 1.54) is 11.1 Å². The van der Waals surface area contributed by atoms with Gasteiger partial charge in [-0.15, -0.1) is 0 Å². The van der Waals surface area contributed by atoms with Gasteiger partial charge in [-0.2, -0.15) is 0 Å². The van der Waals surface area contributed by atoms with Gasteiger partial charge in [0.05, 0.1) is 6.61 Å². The molecule has 2 nitrogen and oxygen atoms in total. The maximum Gasteiger partial charge on any atom is 0.0684 e. The van der Waals surface area contributed by atoms with Crippen LogP contribution in [0.2, 0.25) is 0 Å². The van der Waals surface area contributed by atoms with Crippen molar-refractivity contribution >= 4 is 0 Å². The van der Waals surface area contributed by atoms with Gasteiger partial charge < -0.3 is 10.4 Å². The number of nitrogens with one attached hydrogen (secondary N) is 1. The number of aliphatic hydroxyl groups is 1. The van der Waals surface area contributed by atoms with Crippen molar-refractivity contribution in [3.8, 4) is 0 Å². The van der Waals surface area contributed by atoms with Crippen molar-refractivity contribution in [2.75, 3.05) is 6.54 Å². The lowest BCUT2D eigenvalue weighted by molar-refractivity contribution is 0.280. The van der Waals surface area contributed by atoms with Gasteiger partial charge in [-0.25, -0.2) is 0 Å². The molecule has 1 aromatic carbocycles. The summed E-state index contributed by atoms with van der Waals surface area (Å²) in [5, 5.41) is 12.4. The van der Waals surface area contributed by atoms with Gasteiger partial charge in [0.25, 0.3) is 0 Å². The number of rotatable bonds is 1. The third-order valence-electron chi connectivity index (χ3n) is 2.41. The van der Waals surface area contributed by atoms with E-state index >= 15 is 0 Å². The lowest BCUT2D eigenvalue weighted by Crippen LogP contribution is -2.24. The average Bonchev–Trinajstić information content (AvgIpc) is 2.17. The first-order valence-electron chi connectivity index (χ1n) is 4.33. The molecule has 64 valence electrons. The van der Waals surface area contributed by atoms with E-state index < -0.39 is 0 Å². The van der Waals surface area contributed by atoms with Crippen LogP contribution < -0.4 is 5.32 Å². The van der Waals surface area contributed by atoms with Gasteiger partial charge in [-0.05, 0) is 29.7 Å². The third kappa shape index (κ3) is 1.24. The van der Waals surface area contributed by atoms with Gasteiger partial charge in [0.2, 0.25) is 0 Å². The maximum atomic E-state index is 9.07. The van der Waals surface area contributed by atoms with Gasteiger partial charge in [0.15, 0.2) is 0 Å². The summed E-state index contributed by atoms with van der Waals surface area (Å²) < 4.78 is 0. The molecule has 0 aliphatic carbocycles. The van der Waals surface area contributed by atoms with Gasteiger partial charge in [0.1, 0.15) is 0 Å². The fourth-order valence-electron chi connectivity index (χ4n) is 1.76. The third-order valence-corrected chi connectivity index (χ3v) is 2.41. The summed E-state index contributed by atoms with van der Waals surface area (Å²) in [6.45, 7) is 2.15. The maximum absolute atomic E-state index is 9.07. The fraction of sp³-hybridized carbons (Fsp3) is 0.400. The molecule has 1 heterocycles. The highest BCUT2D eigenvalue weighted by Gasteiger charge is 2.10. The molecule has 0 fully saturated rings. The topological polar surface area (TPSA) is 32.3 Å². The molecule has 12 heavy (non-hydrogen) atoms. The molecular weight excluding hydrogens is 150 g/mol. The van der Waals surface area contributed by atoms with Crippen LogP contribution in [0.4, 0.5) is 0 Å². The number of hydrogen-bond donors (Lipinski definition) is 2. The highest BCUT2D eigenvalue weighted by Crippen LogP contribution is 2.18. The van der Waals surface area contributed by atoms with E-state index in [0.717, 1.165) is 25.1 Å². The monoisotopic (exact) mass is 163 g/mol. The molecule has 1 aliphatic heterocycles. The zero-order valence-electron chi connectivity index (χ0n) is 7.01. The molecule has 0 radical (unpaired) electrons.